The summed E-state index contributed by atoms with van der Waals surface area (Å²) >= 11 is 1.52. The molecule has 2 N–H and O–H groups in total. The summed E-state index contributed by atoms with van der Waals surface area (Å²) in [4.78, 5) is 14.8. The molecule has 1 aliphatic heterocycles. The maximum absolute atomic E-state index is 12.1. The fourth-order valence-corrected chi connectivity index (χ4v) is 2.73. The molecular formula is C13H20N2O3S. The van der Waals surface area contributed by atoms with Crippen molar-refractivity contribution in [2.45, 2.75) is 19.1 Å². The first-order valence-electron chi connectivity index (χ1n) is 6.50. The van der Waals surface area contributed by atoms with Gasteiger partial charge in [0, 0.05) is 24.5 Å². The third-order valence-corrected chi connectivity index (χ3v) is 4.16. The van der Waals surface area contributed by atoms with Crippen LogP contribution in [0, 0.1) is 0 Å². The number of ether oxygens (including phenoxy) is 1. The van der Waals surface area contributed by atoms with Crippen molar-refractivity contribution in [2.24, 2.45) is 0 Å². The van der Waals surface area contributed by atoms with Crippen molar-refractivity contribution in [2.75, 3.05) is 32.8 Å². The average molecular weight is 284 g/mol. The van der Waals surface area contributed by atoms with Crippen LogP contribution in [0.2, 0.25) is 0 Å². The van der Waals surface area contributed by atoms with Gasteiger partial charge in [-0.05, 0) is 18.4 Å². The number of hydrogen-bond donors (Lipinski definition) is 2. The van der Waals surface area contributed by atoms with E-state index in [1.807, 2.05) is 24.4 Å². The van der Waals surface area contributed by atoms with Crippen LogP contribution in [0.5, 0.6) is 0 Å². The molecule has 2 unspecified atom stereocenters. The van der Waals surface area contributed by atoms with Crippen LogP contribution in [-0.2, 0) is 9.53 Å². The molecule has 1 aromatic heterocycles. The zero-order chi connectivity index (χ0) is 13.7. The zero-order valence-electron chi connectivity index (χ0n) is 11.0. The van der Waals surface area contributed by atoms with Gasteiger partial charge < -0.3 is 20.1 Å². The summed E-state index contributed by atoms with van der Waals surface area (Å²) in [6.45, 7) is 4.74. The highest BCUT2D eigenvalue weighted by Gasteiger charge is 2.22. The second-order valence-electron chi connectivity index (χ2n) is 4.60. The number of amides is 1. The minimum Gasteiger partial charge on any atom is -0.386 e. The standard InChI is InChI=1S/C13H20N2O3S/c1-10(13(17)15-4-6-18-7-5-15)14-9-11(16)12-3-2-8-19-12/h2-3,8,10-11,14,16H,4-7,9H2,1H3. The summed E-state index contributed by atoms with van der Waals surface area (Å²) in [6, 6.07) is 3.52. The Hall–Kier alpha value is -0.950. The summed E-state index contributed by atoms with van der Waals surface area (Å²) in [5, 5.41) is 15.0. The minimum atomic E-state index is -0.556. The van der Waals surface area contributed by atoms with Crippen LogP contribution in [0.25, 0.3) is 0 Å². The van der Waals surface area contributed by atoms with Crippen molar-refractivity contribution >= 4 is 17.2 Å². The van der Waals surface area contributed by atoms with Crippen molar-refractivity contribution in [3.05, 3.63) is 22.4 Å². The van der Waals surface area contributed by atoms with Gasteiger partial charge in [-0.25, -0.2) is 0 Å². The molecule has 1 amide bonds. The topological polar surface area (TPSA) is 61.8 Å². The van der Waals surface area contributed by atoms with Gasteiger partial charge in [-0.1, -0.05) is 6.07 Å². The first kappa shape index (κ1) is 14.5. The van der Waals surface area contributed by atoms with Crippen LogP contribution >= 0.6 is 11.3 Å². The predicted octanol–water partition coefficient (Wildman–Crippen LogP) is 0.618. The minimum absolute atomic E-state index is 0.0710. The molecule has 106 valence electrons. The van der Waals surface area contributed by atoms with Crippen molar-refractivity contribution in [3.63, 3.8) is 0 Å². The normalized spacial score (nSPS) is 19.2. The molecule has 0 radical (unpaired) electrons. The van der Waals surface area contributed by atoms with Crippen LogP contribution < -0.4 is 5.32 Å². The number of hydrogen-bond acceptors (Lipinski definition) is 5. The van der Waals surface area contributed by atoms with E-state index in [0.717, 1.165) is 4.88 Å². The quantitative estimate of drug-likeness (QED) is 0.832. The highest BCUT2D eigenvalue weighted by molar-refractivity contribution is 7.10. The Morgan fingerprint density at radius 2 is 2.32 bits per heavy atom. The lowest BCUT2D eigenvalue weighted by atomic mass is 10.2. The summed E-state index contributed by atoms with van der Waals surface area (Å²) in [7, 11) is 0. The number of nitrogens with zero attached hydrogens (tertiary/aromatic N) is 1. The van der Waals surface area contributed by atoms with Crippen molar-refractivity contribution in [1.29, 1.82) is 0 Å². The molecule has 0 aromatic carbocycles. The number of rotatable bonds is 5. The Bertz CT molecular complexity index is 391. The van der Waals surface area contributed by atoms with E-state index in [0.29, 0.717) is 32.8 Å². The second-order valence-corrected chi connectivity index (χ2v) is 5.58. The first-order valence-corrected chi connectivity index (χ1v) is 7.38. The molecule has 0 saturated carbocycles. The molecule has 6 heteroatoms. The van der Waals surface area contributed by atoms with Crippen LogP contribution in [-0.4, -0.2) is 54.8 Å². The molecule has 1 aliphatic rings. The largest absolute Gasteiger partial charge is 0.386 e. The molecule has 1 fully saturated rings. The molecule has 2 rings (SSSR count). The lowest BCUT2D eigenvalue weighted by molar-refractivity contribution is -0.137. The highest BCUT2D eigenvalue weighted by Crippen LogP contribution is 2.17. The monoisotopic (exact) mass is 284 g/mol. The average Bonchev–Trinajstić information content (AvgIpc) is 2.98. The summed E-state index contributed by atoms with van der Waals surface area (Å²) in [6.07, 6.45) is -0.556. The van der Waals surface area contributed by atoms with Gasteiger partial charge in [0.1, 0.15) is 6.10 Å². The Balaban J connectivity index is 1.77. The molecule has 2 heterocycles. The van der Waals surface area contributed by atoms with Crippen molar-refractivity contribution in [3.8, 4) is 0 Å². The van der Waals surface area contributed by atoms with Crippen molar-refractivity contribution in [1.82, 2.24) is 10.2 Å². The Morgan fingerprint density at radius 3 is 2.95 bits per heavy atom. The molecule has 19 heavy (non-hydrogen) atoms. The molecule has 0 aliphatic carbocycles. The number of aliphatic hydroxyl groups excluding tert-OH is 1. The van der Waals surface area contributed by atoms with Gasteiger partial charge in [0.15, 0.2) is 0 Å². The Kier molecular flexibility index (Phi) is 5.33. The van der Waals surface area contributed by atoms with Gasteiger partial charge >= 0.3 is 0 Å². The maximum Gasteiger partial charge on any atom is 0.239 e. The number of carbonyl (C=O) groups excluding carboxylic acids is 1. The van der Waals surface area contributed by atoms with E-state index in [1.165, 1.54) is 11.3 Å². The molecule has 0 spiro atoms. The van der Waals surface area contributed by atoms with E-state index in [4.69, 9.17) is 4.74 Å². The van der Waals surface area contributed by atoms with Crippen LogP contribution in [0.3, 0.4) is 0 Å². The number of morpholine rings is 1. The van der Waals surface area contributed by atoms with Gasteiger partial charge in [0.05, 0.1) is 19.3 Å². The highest BCUT2D eigenvalue weighted by atomic mass is 32.1. The molecule has 2 atom stereocenters. The van der Waals surface area contributed by atoms with Gasteiger partial charge in [0.2, 0.25) is 5.91 Å². The number of thiophene rings is 1. The fraction of sp³-hybridized carbons (Fsp3) is 0.615. The molecule has 1 saturated heterocycles. The first-order chi connectivity index (χ1) is 9.18. The summed E-state index contributed by atoms with van der Waals surface area (Å²) in [5.41, 5.74) is 0. The maximum atomic E-state index is 12.1. The summed E-state index contributed by atoms with van der Waals surface area (Å²) in [5.74, 6) is 0.0710. The predicted molar refractivity (Wildman–Crippen MR) is 74.1 cm³/mol. The lowest BCUT2D eigenvalue weighted by Gasteiger charge is -2.29. The molecule has 0 bridgehead atoms. The fourth-order valence-electron chi connectivity index (χ4n) is 2.01. The Morgan fingerprint density at radius 1 is 1.58 bits per heavy atom. The van der Waals surface area contributed by atoms with Crippen molar-refractivity contribution < 1.29 is 14.6 Å². The van der Waals surface area contributed by atoms with E-state index < -0.39 is 6.10 Å². The molecular weight excluding hydrogens is 264 g/mol. The van der Waals surface area contributed by atoms with E-state index >= 15 is 0 Å². The van der Waals surface area contributed by atoms with E-state index in [9.17, 15) is 9.90 Å². The Labute approximate surface area is 117 Å². The molecule has 1 aromatic rings. The second kappa shape index (κ2) is 7.00. The van der Waals surface area contributed by atoms with Crippen LogP contribution in [0.4, 0.5) is 0 Å². The van der Waals surface area contributed by atoms with Gasteiger partial charge in [-0.2, -0.15) is 0 Å². The van der Waals surface area contributed by atoms with Crippen LogP contribution in [0.15, 0.2) is 17.5 Å². The van der Waals surface area contributed by atoms with E-state index in [2.05, 4.69) is 5.32 Å². The molecule has 5 nitrogen and oxygen atoms in total. The third kappa shape index (κ3) is 4.01. The van der Waals surface area contributed by atoms with Gasteiger partial charge in [-0.3, -0.25) is 4.79 Å². The smallest absolute Gasteiger partial charge is 0.239 e. The number of aliphatic hydroxyl groups is 1. The van der Waals surface area contributed by atoms with Crippen LogP contribution in [0.1, 0.15) is 17.9 Å². The number of nitrogens with one attached hydrogen (secondary N) is 1. The van der Waals surface area contributed by atoms with E-state index in [-0.39, 0.29) is 11.9 Å². The van der Waals surface area contributed by atoms with E-state index in [1.54, 1.807) is 4.90 Å². The third-order valence-electron chi connectivity index (χ3n) is 3.18. The van der Waals surface area contributed by atoms with Gasteiger partial charge in [0.25, 0.3) is 0 Å². The summed E-state index contributed by atoms with van der Waals surface area (Å²) < 4.78 is 5.22. The lowest BCUT2D eigenvalue weighted by Crippen LogP contribution is -2.49. The number of carbonyl (C=O) groups is 1. The zero-order valence-corrected chi connectivity index (χ0v) is 11.9. The SMILES string of the molecule is CC(NCC(O)c1cccs1)C(=O)N1CCOCC1. The van der Waals surface area contributed by atoms with Gasteiger partial charge in [-0.15, -0.1) is 11.3 Å².